The normalized spacial score (nSPS) is 13.5. The van der Waals surface area contributed by atoms with Gasteiger partial charge < -0.3 is 10.2 Å². The van der Waals surface area contributed by atoms with Crippen molar-refractivity contribution in [3.63, 3.8) is 0 Å². The molecule has 0 bridgehead atoms. The maximum atomic E-state index is 3.56. The number of likely N-dealkylation sites (N-methyl/N-ethyl adjacent to an activating group) is 1. The first-order valence-corrected chi connectivity index (χ1v) is 6.75. The SMILES string of the molecule is Cc1cc(C)cc(N(C)C(C)CNC(C)(C)C)c1. The van der Waals surface area contributed by atoms with Gasteiger partial charge in [0.15, 0.2) is 0 Å². The molecular formula is C16H28N2. The largest absolute Gasteiger partial charge is 0.371 e. The van der Waals surface area contributed by atoms with Crippen LogP contribution in [0.1, 0.15) is 38.8 Å². The second kappa shape index (κ2) is 5.75. The highest BCUT2D eigenvalue weighted by Gasteiger charge is 2.14. The van der Waals surface area contributed by atoms with E-state index in [1.807, 2.05) is 0 Å². The van der Waals surface area contributed by atoms with Crippen molar-refractivity contribution in [1.82, 2.24) is 5.32 Å². The Morgan fingerprint density at radius 1 is 1.11 bits per heavy atom. The molecule has 0 amide bonds. The standard InChI is InChI=1S/C16H28N2/c1-12-8-13(2)10-15(9-12)18(7)14(3)11-17-16(4,5)6/h8-10,14,17H,11H2,1-7H3. The molecule has 2 heteroatoms. The highest BCUT2D eigenvalue weighted by molar-refractivity contribution is 5.51. The van der Waals surface area contributed by atoms with E-state index in [0.717, 1.165) is 6.54 Å². The second-order valence-electron chi connectivity index (χ2n) is 6.44. The predicted octanol–water partition coefficient (Wildman–Crippen LogP) is 3.52. The van der Waals surface area contributed by atoms with Crippen molar-refractivity contribution in [2.24, 2.45) is 0 Å². The van der Waals surface area contributed by atoms with Crippen molar-refractivity contribution in [3.8, 4) is 0 Å². The summed E-state index contributed by atoms with van der Waals surface area (Å²) in [5, 5.41) is 3.56. The Labute approximate surface area is 112 Å². The molecule has 1 N–H and O–H groups in total. The Bertz CT molecular complexity index is 370. The van der Waals surface area contributed by atoms with Crippen LogP contribution in [0.5, 0.6) is 0 Å². The molecule has 1 aromatic carbocycles. The Kier molecular flexibility index (Phi) is 4.80. The fourth-order valence-electron chi connectivity index (χ4n) is 2.00. The third kappa shape index (κ3) is 4.69. The fourth-order valence-corrected chi connectivity index (χ4v) is 2.00. The first-order chi connectivity index (χ1) is 8.19. The molecule has 102 valence electrons. The lowest BCUT2D eigenvalue weighted by molar-refractivity contribution is 0.408. The third-order valence-corrected chi connectivity index (χ3v) is 3.20. The average Bonchev–Trinajstić information content (AvgIpc) is 2.22. The zero-order chi connectivity index (χ0) is 13.9. The summed E-state index contributed by atoms with van der Waals surface area (Å²) < 4.78 is 0. The Hall–Kier alpha value is -1.02. The van der Waals surface area contributed by atoms with Crippen LogP contribution in [0.25, 0.3) is 0 Å². The number of anilines is 1. The third-order valence-electron chi connectivity index (χ3n) is 3.20. The molecule has 2 nitrogen and oxygen atoms in total. The molecule has 1 rings (SSSR count). The van der Waals surface area contributed by atoms with Gasteiger partial charge in [0.25, 0.3) is 0 Å². The molecule has 0 aliphatic rings. The zero-order valence-electron chi connectivity index (χ0n) is 13.0. The maximum Gasteiger partial charge on any atom is 0.0383 e. The van der Waals surface area contributed by atoms with Gasteiger partial charge in [0.2, 0.25) is 0 Å². The molecule has 0 fully saturated rings. The van der Waals surface area contributed by atoms with E-state index in [2.05, 4.69) is 77.0 Å². The minimum Gasteiger partial charge on any atom is -0.371 e. The predicted molar refractivity (Wildman–Crippen MR) is 81.5 cm³/mol. The molecule has 0 aliphatic carbocycles. The van der Waals surface area contributed by atoms with E-state index in [4.69, 9.17) is 0 Å². The van der Waals surface area contributed by atoms with Gasteiger partial charge >= 0.3 is 0 Å². The van der Waals surface area contributed by atoms with Crippen LogP contribution < -0.4 is 10.2 Å². The van der Waals surface area contributed by atoms with Crippen LogP contribution in [-0.2, 0) is 0 Å². The molecule has 0 spiro atoms. The van der Waals surface area contributed by atoms with Crippen LogP contribution in [0, 0.1) is 13.8 Å². The Morgan fingerprint density at radius 2 is 1.61 bits per heavy atom. The minimum atomic E-state index is 0.178. The van der Waals surface area contributed by atoms with Gasteiger partial charge in [-0.25, -0.2) is 0 Å². The van der Waals surface area contributed by atoms with E-state index >= 15 is 0 Å². The molecule has 0 radical (unpaired) electrons. The minimum absolute atomic E-state index is 0.178. The van der Waals surface area contributed by atoms with Gasteiger partial charge in [-0.15, -0.1) is 0 Å². The maximum absolute atomic E-state index is 3.56. The molecule has 0 saturated heterocycles. The summed E-state index contributed by atoms with van der Waals surface area (Å²) in [7, 11) is 2.17. The molecule has 1 unspecified atom stereocenters. The second-order valence-corrected chi connectivity index (χ2v) is 6.44. The van der Waals surface area contributed by atoms with Gasteiger partial charge in [-0.3, -0.25) is 0 Å². The van der Waals surface area contributed by atoms with E-state index in [0.29, 0.717) is 6.04 Å². The lowest BCUT2D eigenvalue weighted by atomic mass is 10.1. The van der Waals surface area contributed by atoms with Gasteiger partial charge in [-0.1, -0.05) is 6.07 Å². The van der Waals surface area contributed by atoms with E-state index in [9.17, 15) is 0 Å². The monoisotopic (exact) mass is 248 g/mol. The topological polar surface area (TPSA) is 15.3 Å². The van der Waals surface area contributed by atoms with Crippen molar-refractivity contribution in [2.45, 2.75) is 53.1 Å². The summed E-state index contributed by atoms with van der Waals surface area (Å²) in [6.07, 6.45) is 0. The van der Waals surface area contributed by atoms with E-state index < -0.39 is 0 Å². The first kappa shape index (κ1) is 15.0. The Morgan fingerprint density at radius 3 is 2.06 bits per heavy atom. The molecule has 0 saturated carbocycles. The van der Waals surface area contributed by atoms with Gasteiger partial charge in [0.05, 0.1) is 0 Å². The summed E-state index contributed by atoms with van der Waals surface area (Å²) in [4.78, 5) is 2.35. The van der Waals surface area contributed by atoms with Crippen LogP contribution in [0.2, 0.25) is 0 Å². The molecule has 0 heterocycles. The van der Waals surface area contributed by atoms with Gasteiger partial charge in [-0.2, -0.15) is 0 Å². The van der Waals surface area contributed by atoms with Crippen LogP contribution in [0.4, 0.5) is 5.69 Å². The fraction of sp³-hybridized carbons (Fsp3) is 0.625. The lowest BCUT2D eigenvalue weighted by Crippen LogP contribution is -2.45. The zero-order valence-corrected chi connectivity index (χ0v) is 13.0. The van der Waals surface area contributed by atoms with Crippen LogP contribution in [0.15, 0.2) is 18.2 Å². The van der Waals surface area contributed by atoms with Crippen LogP contribution in [0.3, 0.4) is 0 Å². The van der Waals surface area contributed by atoms with Crippen molar-refractivity contribution in [1.29, 1.82) is 0 Å². The number of nitrogens with zero attached hydrogens (tertiary/aromatic N) is 1. The summed E-state index contributed by atoms with van der Waals surface area (Å²) >= 11 is 0. The quantitative estimate of drug-likeness (QED) is 0.877. The first-order valence-electron chi connectivity index (χ1n) is 6.75. The molecule has 0 aromatic heterocycles. The highest BCUT2D eigenvalue weighted by Crippen LogP contribution is 2.19. The Balaban J connectivity index is 2.71. The smallest absolute Gasteiger partial charge is 0.0383 e. The summed E-state index contributed by atoms with van der Waals surface area (Å²) in [5.74, 6) is 0. The molecule has 0 aliphatic heterocycles. The number of nitrogens with one attached hydrogen (secondary N) is 1. The van der Waals surface area contributed by atoms with Crippen molar-refractivity contribution in [3.05, 3.63) is 29.3 Å². The average molecular weight is 248 g/mol. The molecule has 1 atom stereocenters. The number of aryl methyl sites for hydroxylation is 2. The lowest BCUT2D eigenvalue weighted by Gasteiger charge is -2.31. The van der Waals surface area contributed by atoms with Crippen molar-refractivity contribution in [2.75, 3.05) is 18.5 Å². The number of rotatable bonds is 4. The molecule has 1 aromatic rings. The van der Waals surface area contributed by atoms with Crippen molar-refractivity contribution < 1.29 is 0 Å². The van der Waals surface area contributed by atoms with Crippen molar-refractivity contribution >= 4 is 5.69 Å². The van der Waals surface area contributed by atoms with Gasteiger partial charge in [0.1, 0.15) is 0 Å². The molecular weight excluding hydrogens is 220 g/mol. The number of benzene rings is 1. The summed E-state index contributed by atoms with van der Waals surface area (Å²) in [6.45, 7) is 14.2. The van der Waals surface area contributed by atoms with Gasteiger partial charge in [0, 0.05) is 30.9 Å². The van der Waals surface area contributed by atoms with Crippen LogP contribution >= 0.6 is 0 Å². The van der Waals surface area contributed by atoms with E-state index in [1.54, 1.807) is 0 Å². The summed E-state index contributed by atoms with van der Waals surface area (Å²) in [5.41, 5.74) is 4.13. The van der Waals surface area contributed by atoms with Gasteiger partial charge in [-0.05, 0) is 64.8 Å². The molecule has 18 heavy (non-hydrogen) atoms. The van der Waals surface area contributed by atoms with E-state index in [1.165, 1.54) is 16.8 Å². The number of hydrogen-bond acceptors (Lipinski definition) is 2. The number of hydrogen-bond donors (Lipinski definition) is 1. The highest BCUT2D eigenvalue weighted by atomic mass is 15.2. The van der Waals surface area contributed by atoms with Crippen LogP contribution in [-0.4, -0.2) is 25.2 Å². The summed E-state index contributed by atoms with van der Waals surface area (Å²) in [6, 6.07) is 7.20. The van der Waals surface area contributed by atoms with E-state index in [-0.39, 0.29) is 5.54 Å².